The first-order valence-electron chi connectivity index (χ1n) is 6.81. The lowest BCUT2D eigenvalue weighted by molar-refractivity contribution is 0.230. The standard InChI is InChI=1S/C14H21N5/c1-11(2)10-18-4-6-19(7-5-18)14-16-12(3)8-13(9-15)17-14/h8,11H,4-7,10H2,1-3H3. The van der Waals surface area contributed by atoms with Crippen molar-refractivity contribution in [3.05, 3.63) is 17.5 Å². The second kappa shape index (κ2) is 5.98. The van der Waals surface area contributed by atoms with Crippen molar-refractivity contribution in [2.24, 2.45) is 5.92 Å². The molecule has 0 spiro atoms. The fraction of sp³-hybridized carbons (Fsp3) is 0.643. The van der Waals surface area contributed by atoms with Crippen LogP contribution in [0.25, 0.3) is 0 Å². The Morgan fingerprint density at radius 2 is 1.95 bits per heavy atom. The number of aryl methyl sites for hydroxylation is 1. The maximum absolute atomic E-state index is 8.96. The van der Waals surface area contributed by atoms with Gasteiger partial charge >= 0.3 is 0 Å². The van der Waals surface area contributed by atoms with Gasteiger partial charge in [-0.2, -0.15) is 5.26 Å². The van der Waals surface area contributed by atoms with Crippen molar-refractivity contribution in [3.63, 3.8) is 0 Å². The Bertz CT molecular complexity index is 469. The van der Waals surface area contributed by atoms with Crippen LogP contribution in [0.5, 0.6) is 0 Å². The van der Waals surface area contributed by atoms with Gasteiger partial charge in [0.1, 0.15) is 11.8 Å². The second-order valence-electron chi connectivity index (χ2n) is 5.49. The topological polar surface area (TPSA) is 56.1 Å². The molecule has 0 aliphatic carbocycles. The molecule has 2 heterocycles. The maximum Gasteiger partial charge on any atom is 0.226 e. The fourth-order valence-corrected chi connectivity index (χ4v) is 2.40. The van der Waals surface area contributed by atoms with Crippen LogP contribution in [-0.4, -0.2) is 47.6 Å². The van der Waals surface area contributed by atoms with Gasteiger partial charge in [-0.15, -0.1) is 0 Å². The van der Waals surface area contributed by atoms with E-state index in [2.05, 4.69) is 39.7 Å². The lowest BCUT2D eigenvalue weighted by Crippen LogP contribution is -2.48. The normalized spacial score (nSPS) is 16.7. The van der Waals surface area contributed by atoms with Crippen molar-refractivity contribution < 1.29 is 0 Å². The van der Waals surface area contributed by atoms with Crippen LogP contribution in [0.3, 0.4) is 0 Å². The Labute approximate surface area is 114 Å². The zero-order valence-electron chi connectivity index (χ0n) is 11.9. The SMILES string of the molecule is Cc1cc(C#N)nc(N2CCN(CC(C)C)CC2)n1. The molecular formula is C14H21N5. The van der Waals surface area contributed by atoms with E-state index >= 15 is 0 Å². The molecular weight excluding hydrogens is 238 g/mol. The Hall–Kier alpha value is -1.67. The third-order valence-corrected chi connectivity index (χ3v) is 3.24. The van der Waals surface area contributed by atoms with E-state index in [1.165, 1.54) is 0 Å². The molecule has 5 nitrogen and oxygen atoms in total. The van der Waals surface area contributed by atoms with Gasteiger partial charge in [-0.25, -0.2) is 9.97 Å². The average Bonchev–Trinajstić information content (AvgIpc) is 2.38. The molecule has 19 heavy (non-hydrogen) atoms. The van der Waals surface area contributed by atoms with Gasteiger partial charge in [0.2, 0.25) is 5.95 Å². The van der Waals surface area contributed by atoms with Crippen LogP contribution in [-0.2, 0) is 0 Å². The second-order valence-corrected chi connectivity index (χ2v) is 5.49. The molecule has 1 aromatic rings. The van der Waals surface area contributed by atoms with Gasteiger partial charge in [0, 0.05) is 38.4 Å². The smallest absolute Gasteiger partial charge is 0.226 e. The van der Waals surface area contributed by atoms with Crippen LogP contribution in [0.1, 0.15) is 25.2 Å². The van der Waals surface area contributed by atoms with E-state index in [9.17, 15) is 0 Å². The highest BCUT2D eigenvalue weighted by Crippen LogP contribution is 2.13. The van der Waals surface area contributed by atoms with Gasteiger partial charge in [0.25, 0.3) is 0 Å². The summed E-state index contributed by atoms with van der Waals surface area (Å²) < 4.78 is 0. The number of hydrogen-bond acceptors (Lipinski definition) is 5. The minimum absolute atomic E-state index is 0.451. The van der Waals surface area contributed by atoms with Crippen molar-refractivity contribution in [3.8, 4) is 6.07 Å². The van der Waals surface area contributed by atoms with E-state index in [-0.39, 0.29) is 0 Å². The summed E-state index contributed by atoms with van der Waals surface area (Å²) >= 11 is 0. The lowest BCUT2D eigenvalue weighted by Gasteiger charge is -2.35. The van der Waals surface area contributed by atoms with Crippen LogP contribution in [0.15, 0.2) is 6.07 Å². The number of aromatic nitrogens is 2. The number of nitriles is 1. The van der Waals surface area contributed by atoms with Crippen molar-refractivity contribution in [2.45, 2.75) is 20.8 Å². The largest absolute Gasteiger partial charge is 0.338 e. The predicted molar refractivity (Wildman–Crippen MR) is 75.0 cm³/mol. The lowest BCUT2D eigenvalue weighted by atomic mass is 10.2. The van der Waals surface area contributed by atoms with Gasteiger partial charge in [-0.3, -0.25) is 4.90 Å². The summed E-state index contributed by atoms with van der Waals surface area (Å²) in [7, 11) is 0. The average molecular weight is 259 g/mol. The van der Waals surface area contributed by atoms with Crippen LogP contribution >= 0.6 is 0 Å². The van der Waals surface area contributed by atoms with Gasteiger partial charge in [-0.05, 0) is 18.9 Å². The maximum atomic E-state index is 8.96. The number of piperazine rings is 1. The molecule has 1 aromatic heterocycles. The Kier molecular flexibility index (Phi) is 4.33. The molecule has 2 rings (SSSR count). The first kappa shape index (κ1) is 13.8. The Morgan fingerprint density at radius 1 is 1.26 bits per heavy atom. The quantitative estimate of drug-likeness (QED) is 0.822. The number of anilines is 1. The summed E-state index contributed by atoms with van der Waals surface area (Å²) in [6.07, 6.45) is 0. The van der Waals surface area contributed by atoms with E-state index in [0.717, 1.165) is 38.4 Å². The van der Waals surface area contributed by atoms with E-state index in [1.54, 1.807) is 6.07 Å². The summed E-state index contributed by atoms with van der Waals surface area (Å²) in [5, 5.41) is 8.96. The summed E-state index contributed by atoms with van der Waals surface area (Å²) in [4.78, 5) is 13.4. The molecule has 102 valence electrons. The van der Waals surface area contributed by atoms with Crippen molar-refractivity contribution in [2.75, 3.05) is 37.6 Å². The number of nitrogens with zero attached hydrogens (tertiary/aromatic N) is 5. The molecule has 0 atom stereocenters. The number of hydrogen-bond donors (Lipinski definition) is 0. The molecule has 0 N–H and O–H groups in total. The van der Waals surface area contributed by atoms with Crippen LogP contribution < -0.4 is 4.90 Å². The van der Waals surface area contributed by atoms with Gasteiger partial charge in [0.05, 0.1) is 0 Å². The monoisotopic (exact) mass is 259 g/mol. The molecule has 0 amide bonds. The highest BCUT2D eigenvalue weighted by Gasteiger charge is 2.19. The molecule has 1 aliphatic heterocycles. The molecule has 0 bridgehead atoms. The molecule has 0 aromatic carbocycles. The number of rotatable bonds is 3. The van der Waals surface area contributed by atoms with Crippen LogP contribution in [0.4, 0.5) is 5.95 Å². The van der Waals surface area contributed by atoms with E-state index in [0.29, 0.717) is 17.6 Å². The molecule has 5 heteroatoms. The molecule has 1 saturated heterocycles. The molecule has 0 unspecified atom stereocenters. The minimum atomic E-state index is 0.451. The molecule has 1 aliphatic rings. The van der Waals surface area contributed by atoms with Gasteiger partial charge < -0.3 is 4.90 Å². The Morgan fingerprint density at radius 3 is 2.53 bits per heavy atom. The summed E-state index contributed by atoms with van der Waals surface area (Å²) in [5.74, 6) is 1.40. The Balaban J connectivity index is 2.02. The summed E-state index contributed by atoms with van der Waals surface area (Å²) in [6.45, 7) is 11.5. The van der Waals surface area contributed by atoms with Crippen molar-refractivity contribution >= 4 is 5.95 Å². The van der Waals surface area contributed by atoms with E-state index in [4.69, 9.17) is 5.26 Å². The summed E-state index contributed by atoms with van der Waals surface area (Å²) in [5.41, 5.74) is 1.30. The van der Waals surface area contributed by atoms with E-state index < -0.39 is 0 Å². The first-order chi connectivity index (χ1) is 9.08. The molecule has 1 fully saturated rings. The van der Waals surface area contributed by atoms with Crippen molar-refractivity contribution in [1.29, 1.82) is 5.26 Å². The van der Waals surface area contributed by atoms with Gasteiger partial charge in [0.15, 0.2) is 0 Å². The van der Waals surface area contributed by atoms with Gasteiger partial charge in [-0.1, -0.05) is 13.8 Å². The highest BCUT2D eigenvalue weighted by molar-refractivity contribution is 5.36. The highest BCUT2D eigenvalue weighted by atomic mass is 15.3. The fourth-order valence-electron chi connectivity index (χ4n) is 2.40. The molecule has 0 radical (unpaired) electrons. The predicted octanol–water partition coefficient (Wildman–Crippen LogP) is 1.43. The van der Waals surface area contributed by atoms with E-state index in [1.807, 2.05) is 6.92 Å². The van der Waals surface area contributed by atoms with Crippen LogP contribution in [0.2, 0.25) is 0 Å². The van der Waals surface area contributed by atoms with Crippen LogP contribution in [0, 0.1) is 24.2 Å². The zero-order valence-corrected chi connectivity index (χ0v) is 11.9. The molecule has 0 saturated carbocycles. The van der Waals surface area contributed by atoms with Crippen molar-refractivity contribution in [1.82, 2.24) is 14.9 Å². The minimum Gasteiger partial charge on any atom is -0.338 e. The first-order valence-corrected chi connectivity index (χ1v) is 6.81. The third-order valence-electron chi connectivity index (χ3n) is 3.24. The zero-order chi connectivity index (χ0) is 13.8. The third kappa shape index (κ3) is 3.65. The summed E-state index contributed by atoms with van der Waals surface area (Å²) in [6, 6.07) is 3.81.